The van der Waals surface area contributed by atoms with Gasteiger partial charge < -0.3 is 9.64 Å². The zero-order chi connectivity index (χ0) is 19.9. The minimum absolute atomic E-state index is 0.178. The average Bonchev–Trinajstić information content (AvgIpc) is 3.15. The van der Waals surface area contributed by atoms with Gasteiger partial charge in [-0.3, -0.25) is 4.79 Å². The van der Waals surface area contributed by atoms with Gasteiger partial charge in [-0.2, -0.15) is 0 Å². The Morgan fingerprint density at radius 1 is 0.741 bits per heavy atom. The highest BCUT2D eigenvalue weighted by molar-refractivity contribution is 5.98. The van der Waals surface area contributed by atoms with Gasteiger partial charge in [0.25, 0.3) is 0 Å². The maximum absolute atomic E-state index is 12.7. The van der Waals surface area contributed by atoms with Gasteiger partial charge in [0.15, 0.2) is 5.43 Å². The standard InChI is InChI=1S/C24H29NO2/c1-14-10-15(2)20(16(3)11-14)22-23(24(22)26)21-17(4)12-19(13-18(21)5)27-9-8-25(6)7/h10-13H,8-9H2,1-7H3. The third kappa shape index (κ3) is 3.84. The molecule has 0 fully saturated rings. The summed E-state index contributed by atoms with van der Waals surface area (Å²) in [7, 11) is 4.06. The molecule has 0 bridgehead atoms. The number of nitrogens with zero attached hydrogens (tertiary/aromatic N) is 1. The summed E-state index contributed by atoms with van der Waals surface area (Å²) in [6, 6.07) is 8.39. The monoisotopic (exact) mass is 363 g/mol. The molecule has 142 valence electrons. The number of likely N-dealkylation sites (N-methyl/N-ethyl adjacent to an activating group) is 1. The fourth-order valence-electron chi connectivity index (χ4n) is 3.97. The van der Waals surface area contributed by atoms with Crippen LogP contribution in [-0.2, 0) is 0 Å². The maximum atomic E-state index is 12.7. The minimum atomic E-state index is 0.178. The van der Waals surface area contributed by atoms with Gasteiger partial charge in [-0.1, -0.05) is 17.7 Å². The van der Waals surface area contributed by atoms with Gasteiger partial charge in [0, 0.05) is 17.7 Å². The van der Waals surface area contributed by atoms with Crippen LogP contribution in [-0.4, -0.2) is 32.1 Å². The first-order valence-corrected chi connectivity index (χ1v) is 9.47. The molecule has 0 heterocycles. The lowest BCUT2D eigenvalue weighted by Crippen LogP contribution is -2.19. The van der Waals surface area contributed by atoms with E-state index in [-0.39, 0.29) is 5.43 Å². The van der Waals surface area contributed by atoms with Gasteiger partial charge in [0.05, 0.1) is 0 Å². The predicted octanol–water partition coefficient (Wildman–Crippen LogP) is 4.74. The van der Waals surface area contributed by atoms with Crippen molar-refractivity contribution in [1.82, 2.24) is 4.90 Å². The second kappa shape index (κ2) is 7.32. The lowest BCUT2D eigenvalue weighted by Gasteiger charge is -2.14. The summed E-state index contributed by atoms with van der Waals surface area (Å²) in [5.41, 5.74) is 9.87. The summed E-state index contributed by atoms with van der Waals surface area (Å²) in [5, 5.41) is 0. The quantitative estimate of drug-likeness (QED) is 0.633. The number of rotatable bonds is 6. The van der Waals surface area contributed by atoms with Crippen molar-refractivity contribution < 1.29 is 4.74 Å². The van der Waals surface area contributed by atoms with Crippen molar-refractivity contribution in [2.45, 2.75) is 34.6 Å². The summed E-state index contributed by atoms with van der Waals surface area (Å²) in [6.45, 7) is 11.9. The van der Waals surface area contributed by atoms with Crippen LogP contribution in [0.15, 0.2) is 29.1 Å². The van der Waals surface area contributed by atoms with Crippen molar-refractivity contribution >= 4 is 0 Å². The van der Waals surface area contributed by atoms with Crippen LogP contribution in [0.5, 0.6) is 5.75 Å². The topological polar surface area (TPSA) is 29.5 Å². The van der Waals surface area contributed by atoms with Crippen LogP contribution < -0.4 is 10.2 Å². The largest absolute Gasteiger partial charge is 0.492 e. The summed E-state index contributed by atoms with van der Waals surface area (Å²) in [5.74, 6) is 0.869. The molecule has 3 aromatic carbocycles. The van der Waals surface area contributed by atoms with Crippen LogP contribution in [0.2, 0.25) is 0 Å². The smallest absolute Gasteiger partial charge is 0.195 e. The fourth-order valence-corrected chi connectivity index (χ4v) is 3.97. The predicted molar refractivity (Wildman–Crippen MR) is 114 cm³/mol. The number of hydrogen-bond acceptors (Lipinski definition) is 3. The Balaban J connectivity index is 1.95. The lowest BCUT2D eigenvalue weighted by atomic mass is 9.95. The van der Waals surface area contributed by atoms with Crippen LogP contribution in [0, 0.1) is 34.6 Å². The third-order valence-electron chi connectivity index (χ3n) is 5.13. The molecule has 0 saturated heterocycles. The molecule has 0 spiro atoms. The van der Waals surface area contributed by atoms with Crippen molar-refractivity contribution in [3.05, 3.63) is 62.3 Å². The molecule has 0 aliphatic rings. The first-order chi connectivity index (χ1) is 12.7. The Bertz CT molecular complexity index is 958. The van der Waals surface area contributed by atoms with Crippen molar-refractivity contribution in [1.29, 1.82) is 0 Å². The normalized spacial score (nSPS) is 11.6. The average molecular weight is 364 g/mol. The molecule has 3 rings (SSSR count). The van der Waals surface area contributed by atoms with E-state index < -0.39 is 0 Å². The van der Waals surface area contributed by atoms with E-state index in [0.29, 0.717) is 6.61 Å². The van der Waals surface area contributed by atoms with E-state index in [0.717, 1.165) is 45.7 Å². The summed E-state index contributed by atoms with van der Waals surface area (Å²) in [4.78, 5) is 14.8. The molecule has 0 aliphatic heterocycles. The Labute approximate surface area is 162 Å². The van der Waals surface area contributed by atoms with Crippen molar-refractivity contribution in [3.63, 3.8) is 0 Å². The Kier molecular flexibility index (Phi) is 5.25. The van der Waals surface area contributed by atoms with Crippen LogP contribution in [0.25, 0.3) is 22.3 Å². The highest BCUT2D eigenvalue weighted by atomic mass is 16.5. The van der Waals surface area contributed by atoms with Gasteiger partial charge in [-0.25, -0.2) is 0 Å². The molecule has 3 nitrogen and oxygen atoms in total. The number of ether oxygens (including phenoxy) is 1. The van der Waals surface area contributed by atoms with E-state index in [1.807, 2.05) is 26.2 Å². The zero-order valence-corrected chi connectivity index (χ0v) is 17.5. The fraction of sp³-hybridized carbons (Fsp3) is 0.375. The Morgan fingerprint density at radius 2 is 1.19 bits per heavy atom. The Hall–Kier alpha value is -2.39. The van der Waals surface area contributed by atoms with E-state index in [4.69, 9.17) is 4.74 Å². The molecule has 0 aliphatic carbocycles. The van der Waals surface area contributed by atoms with E-state index in [1.54, 1.807) is 0 Å². The maximum Gasteiger partial charge on any atom is 0.195 e. The van der Waals surface area contributed by atoms with Crippen LogP contribution >= 0.6 is 0 Å². The molecule has 0 N–H and O–H groups in total. The third-order valence-corrected chi connectivity index (χ3v) is 5.13. The van der Waals surface area contributed by atoms with Crippen molar-refractivity contribution in [3.8, 4) is 28.0 Å². The first-order valence-electron chi connectivity index (χ1n) is 9.47. The molecular formula is C24H29NO2. The first kappa shape index (κ1) is 19.4. The molecule has 0 saturated carbocycles. The van der Waals surface area contributed by atoms with Gasteiger partial charge >= 0.3 is 0 Å². The van der Waals surface area contributed by atoms with Gasteiger partial charge in [0.2, 0.25) is 0 Å². The molecule has 27 heavy (non-hydrogen) atoms. The van der Waals surface area contributed by atoms with Gasteiger partial charge in [-0.15, -0.1) is 0 Å². The Morgan fingerprint density at radius 3 is 1.63 bits per heavy atom. The van der Waals surface area contributed by atoms with E-state index >= 15 is 0 Å². The molecule has 0 unspecified atom stereocenters. The van der Waals surface area contributed by atoms with Crippen molar-refractivity contribution in [2.24, 2.45) is 0 Å². The van der Waals surface area contributed by atoms with E-state index in [1.165, 1.54) is 16.7 Å². The number of hydrogen-bond donors (Lipinski definition) is 0. The number of aryl methyl sites for hydroxylation is 5. The zero-order valence-electron chi connectivity index (χ0n) is 17.5. The lowest BCUT2D eigenvalue weighted by molar-refractivity contribution is 0.261. The van der Waals surface area contributed by atoms with Crippen molar-refractivity contribution in [2.75, 3.05) is 27.2 Å². The highest BCUT2D eigenvalue weighted by Crippen LogP contribution is 2.42. The van der Waals surface area contributed by atoms with Gasteiger partial charge in [-0.05, 0) is 94.2 Å². The van der Waals surface area contributed by atoms with Crippen LogP contribution in [0.4, 0.5) is 0 Å². The second-order valence-corrected chi connectivity index (χ2v) is 7.94. The molecule has 0 amide bonds. The second-order valence-electron chi connectivity index (χ2n) is 7.94. The van der Waals surface area contributed by atoms with E-state index in [9.17, 15) is 4.79 Å². The summed E-state index contributed by atoms with van der Waals surface area (Å²) in [6.07, 6.45) is 0. The molecule has 3 heteroatoms. The number of benzene rings is 2. The SMILES string of the molecule is Cc1cc(C)c(-c2c(-c3c(C)cc(OCCN(C)C)cc3C)c2=O)c(C)c1. The summed E-state index contributed by atoms with van der Waals surface area (Å²) >= 11 is 0. The van der Waals surface area contributed by atoms with Crippen LogP contribution in [0.1, 0.15) is 27.8 Å². The van der Waals surface area contributed by atoms with Gasteiger partial charge in [0.1, 0.15) is 12.4 Å². The molecular weight excluding hydrogens is 334 g/mol. The summed E-state index contributed by atoms with van der Waals surface area (Å²) < 4.78 is 5.88. The van der Waals surface area contributed by atoms with Crippen LogP contribution in [0.3, 0.4) is 0 Å². The highest BCUT2D eigenvalue weighted by Gasteiger charge is 2.30. The minimum Gasteiger partial charge on any atom is -0.492 e. The molecule has 0 atom stereocenters. The molecule has 3 aromatic rings. The molecule has 0 radical (unpaired) electrons. The van der Waals surface area contributed by atoms with E-state index in [2.05, 4.69) is 51.7 Å². The molecule has 0 aromatic heterocycles.